The first-order valence-corrected chi connectivity index (χ1v) is 8.55. The monoisotopic (exact) mass is 369 g/mol. The fraction of sp³-hybridized carbons (Fsp3) is 0.250. The molecule has 2 rings (SSSR count). The summed E-state index contributed by atoms with van der Waals surface area (Å²) in [6.07, 6.45) is 0.0863. The molecule has 0 aromatic heterocycles. The summed E-state index contributed by atoms with van der Waals surface area (Å²) in [4.78, 5) is 25.9. The number of nitriles is 1. The quantitative estimate of drug-likeness (QED) is 0.857. The van der Waals surface area contributed by atoms with Gasteiger partial charge in [-0.3, -0.25) is 9.59 Å². The molecule has 0 saturated heterocycles. The van der Waals surface area contributed by atoms with Crippen LogP contribution in [0.4, 0.5) is 11.4 Å². The molecule has 0 unspecified atom stereocenters. The van der Waals surface area contributed by atoms with Crippen molar-refractivity contribution in [3.8, 4) is 6.07 Å². The number of para-hydroxylation sites is 1. The van der Waals surface area contributed by atoms with E-state index in [9.17, 15) is 9.59 Å². The number of carbonyl (C=O) groups excluding carboxylic acids is 2. The van der Waals surface area contributed by atoms with Gasteiger partial charge in [0.2, 0.25) is 11.8 Å². The van der Waals surface area contributed by atoms with E-state index in [1.807, 2.05) is 26.0 Å². The average molecular weight is 370 g/mol. The zero-order chi connectivity index (χ0) is 19.3. The zero-order valence-electron chi connectivity index (χ0n) is 15.0. The molecule has 0 atom stereocenters. The van der Waals surface area contributed by atoms with E-state index in [1.165, 1.54) is 11.8 Å². The molecule has 0 saturated carbocycles. The third-order valence-electron chi connectivity index (χ3n) is 3.93. The summed E-state index contributed by atoms with van der Waals surface area (Å²) in [5.41, 5.74) is 3.35. The predicted octanol–water partition coefficient (Wildman–Crippen LogP) is 4.21. The van der Waals surface area contributed by atoms with E-state index in [2.05, 4.69) is 5.32 Å². The van der Waals surface area contributed by atoms with Gasteiger partial charge in [0.05, 0.1) is 22.0 Å². The number of carbonyl (C=O) groups is 2. The van der Waals surface area contributed by atoms with Gasteiger partial charge in [-0.2, -0.15) is 5.26 Å². The van der Waals surface area contributed by atoms with Gasteiger partial charge in [-0.25, -0.2) is 0 Å². The van der Waals surface area contributed by atoms with Crippen molar-refractivity contribution >= 4 is 34.8 Å². The molecule has 0 radical (unpaired) electrons. The molecular weight excluding hydrogens is 350 g/mol. The molecule has 2 amide bonds. The minimum absolute atomic E-state index is 0.0863. The Morgan fingerprint density at radius 3 is 2.54 bits per heavy atom. The lowest BCUT2D eigenvalue weighted by atomic mass is 10.1. The summed E-state index contributed by atoms with van der Waals surface area (Å²) in [7, 11) is 0. The molecule has 134 valence electrons. The Morgan fingerprint density at radius 2 is 1.92 bits per heavy atom. The fourth-order valence-electron chi connectivity index (χ4n) is 2.79. The van der Waals surface area contributed by atoms with Crippen molar-refractivity contribution in [1.82, 2.24) is 0 Å². The molecule has 0 bridgehead atoms. The minimum Gasteiger partial charge on any atom is -0.325 e. The SMILES string of the molecule is CC(=O)N(CCC(=O)Nc1ccccc1C#N)c1c(C)cc(C)cc1Cl. The summed E-state index contributed by atoms with van der Waals surface area (Å²) >= 11 is 6.33. The topological polar surface area (TPSA) is 73.2 Å². The van der Waals surface area contributed by atoms with Crippen LogP contribution < -0.4 is 10.2 Å². The van der Waals surface area contributed by atoms with E-state index in [4.69, 9.17) is 16.9 Å². The highest BCUT2D eigenvalue weighted by Gasteiger charge is 2.19. The first kappa shape index (κ1) is 19.5. The molecule has 1 N–H and O–H groups in total. The first-order valence-electron chi connectivity index (χ1n) is 8.17. The van der Waals surface area contributed by atoms with E-state index in [0.29, 0.717) is 22.0 Å². The Morgan fingerprint density at radius 1 is 1.23 bits per heavy atom. The number of hydrogen-bond donors (Lipinski definition) is 1. The molecule has 26 heavy (non-hydrogen) atoms. The summed E-state index contributed by atoms with van der Waals surface area (Å²) in [5, 5.41) is 12.3. The highest BCUT2D eigenvalue weighted by Crippen LogP contribution is 2.31. The number of anilines is 2. The molecule has 0 fully saturated rings. The number of nitrogens with one attached hydrogen (secondary N) is 1. The summed E-state index contributed by atoms with van der Waals surface area (Å²) in [5.74, 6) is -0.469. The van der Waals surface area contributed by atoms with Crippen molar-refractivity contribution < 1.29 is 9.59 Å². The van der Waals surface area contributed by atoms with Gasteiger partial charge in [-0.15, -0.1) is 0 Å². The van der Waals surface area contributed by atoms with Crippen LogP contribution in [0.25, 0.3) is 0 Å². The maximum atomic E-state index is 12.3. The minimum atomic E-state index is -0.278. The normalized spacial score (nSPS) is 10.1. The van der Waals surface area contributed by atoms with Gasteiger partial charge in [-0.05, 0) is 43.2 Å². The molecule has 0 aliphatic heterocycles. The molecular formula is C20H20ClN3O2. The van der Waals surface area contributed by atoms with Gasteiger partial charge >= 0.3 is 0 Å². The van der Waals surface area contributed by atoms with E-state index in [-0.39, 0.29) is 24.8 Å². The van der Waals surface area contributed by atoms with Crippen LogP contribution in [0.1, 0.15) is 30.0 Å². The third kappa shape index (κ3) is 4.62. The number of rotatable bonds is 5. The van der Waals surface area contributed by atoms with Crippen LogP contribution in [0.3, 0.4) is 0 Å². The number of aryl methyl sites for hydroxylation is 2. The number of halogens is 1. The van der Waals surface area contributed by atoms with Gasteiger partial charge in [-0.1, -0.05) is 29.8 Å². The fourth-order valence-corrected chi connectivity index (χ4v) is 3.22. The Kier molecular flexibility index (Phi) is 6.37. The van der Waals surface area contributed by atoms with Crippen LogP contribution >= 0.6 is 11.6 Å². The maximum absolute atomic E-state index is 12.3. The maximum Gasteiger partial charge on any atom is 0.226 e. The van der Waals surface area contributed by atoms with Gasteiger partial charge in [0, 0.05) is 19.9 Å². The number of amides is 2. The van der Waals surface area contributed by atoms with Crippen molar-refractivity contribution in [2.75, 3.05) is 16.8 Å². The number of benzene rings is 2. The Labute approximate surface area is 158 Å². The van der Waals surface area contributed by atoms with Crippen LogP contribution in [0, 0.1) is 25.2 Å². The van der Waals surface area contributed by atoms with Crippen molar-refractivity contribution in [1.29, 1.82) is 5.26 Å². The van der Waals surface area contributed by atoms with E-state index < -0.39 is 0 Å². The molecule has 0 aliphatic carbocycles. The van der Waals surface area contributed by atoms with Crippen LogP contribution in [0.2, 0.25) is 5.02 Å². The molecule has 0 aliphatic rings. The van der Waals surface area contributed by atoms with Gasteiger partial charge < -0.3 is 10.2 Å². The Balaban J connectivity index is 2.14. The second kappa shape index (κ2) is 8.50. The average Bonchev–Trinajstić information content (AvgIpc) is 2.57. The summed E-state index contributed by atoms with van der Waals surface area (Å²) < 4.78 is 0. The van der Waals surface area contributed by atoms with Crippen molar-refractivity contribution in [2.24, 2.45) is 0 Å². The van der Waals surface area contributed by atoms with Crippen LogP contribution in [-0.2, 0) is 9.59 Å². The van der Waals surface area contributed by atoms with Gasteiger partial charge in [0.25, 0.3) is 0 Å². The van der Waals surface area contributed by atoms with Crippen LogP contribution in [0.15, 0.2) is 36.4 Å². The van der Waals surface area contributed by atoms with Crippen molar-refractivity contribution in [3.05, 3.63) is 58.1 Å². The largest absolute Gasteiger partial charge is 0.325 e. The lowest BCUT2D eigenvalue weighted by Gasteiger charge is -2.24. The van der Waals surface area contributed by atoms with E-state index in [1.54, 1.807) is 30.3 Å². The summed E-state index contributed by atoms with van der Waals surface area (Å²) in [6, 6.07) is 12.5. The lowest BCUT2D eigenvalue weighted by molar-refractivity contribution is -0.117. The Bertz CT molecular complexity index is 864. The number of nitrogens with zero attached hydrogens (tertiary/aromatic N) is 2. The van der Waals surface area contributed by atoms with Crippen molar-refractivity contribution in [2.45, 2.75) is 27.2 Å². The zero-order valence-corrected chi connectivity index (χ0v) is 15.7. The molecule has 5 nitrogen and oxygen atoms in total. The van der Waals surface area contributed by atoms with Gasteiger partial charge in [0.1, 0.15) is 6.07 Å². The molecule has 0 heterocycles. The highest BCUT2D eigenvalue weighted by molar-refractivity contribution is 6.34. The standard InChI is InChI=1S/C20H20ClN3O2/c1-13-10-14(2)20(17(21)11-13)24(15(3)25)9-8-19(26)23-18-7-5-4-6-16(18)12-22/h4-7,10-11H,8-9H2,1-3H3,(H,23,26). The highest BCUT2D eigenvalue weighted by atomic mass is 35.5. The molecule has 2 aromatic rings. The summed E-state index contributed by atoms with van der Waals surface area (Å²) in [6.45, 7) is 5.45. The van der Waals surface area contributed by atoms with Crippen molar-refractivity contribution in [3.63, 3.8) is 0 Å². The van der Waals surface area contributed by atoms with E-state index >= 15 is 0 Å². The molecule has 2 aromatic carbocycles. The second-order valence-electron chi connectivity index (χ2n) is 6.04. The van der Waals surface area contributed by atoms with Crippen LogP contribution in [0.5, 0.6) is 0 Å². The first-order chi connectivity index (χ1) is 12.3. The predicted molar refractivity (Wildman–Crippen MR) is 103 cm³/mol. The molecule has 0 spiro atoms. The second-order valence-corrected chi connectivity index (χ2v) is 6.45. The third-order valence-corrected chi connectivity index (χ3v) is 4.22. The van der Waals surface area contributed by atoms with Gasteiger partial charge in [0.15, 0.2) is 0 Å². The van der Waals surface area contributed by atoms with E-state index in [0.717, 1.165) is 11.1 Å². The smallest absolute Gasteiger partial charge is 0.226 e. The molecule has 6 heteroatoms. The lowest BCUT2D eigenvalue weighted by Crippen LogP contribution is -2.32. The van der Waals surface area contributed by atoms with Crippen LogP contribution in [-0.4, -0.2) is 18.4 Å². The number of hydrogen-bond acceptors (Lipinski definition) is 3. The Hall–Kier alpha value is -2.84.